The van der Waals surface area contributed by atoms with E-state index in [1.807, 2.05) is 53.9 Å². The van der Waals surface area contributed by atoms with Crippen LogP contribution in [-0.2, 0) is 0 Å². The highest BCUT2D eigenvalue weighted by Gasteiger charge is 2.16. The van der Waals surface area contributed by atoms with Crippen LogP contribution in [0.2, 0.25) is 0 Å². The van der Waals surface area contributed by atoms with E-state index in [0.29, 0.717) is 11.2 Å². The predicted molar refractivity (Wildman–Crippen MR) is 93.1 cm³/mol. The first kappa shape index (κ1) is 13.9. The van der Waals surface area contributed by atoms with Crippen LogP contribution in [-0.4, -0.2) is 14.4 Å². The SMILES string of the molecule is Cc1cc(-c2cncc(Br)c2)n2c(nc3ccccc32)c1C#N. The van der Waals surface area contributed by atoms with Crippen molar-refractivity contribution in [3.63, 3.8) is 0 Å². The zero-order chi connectivity index (χ0) is 16.0. The van der Waals surface area contributed by atoms with E-state index < -0.39 is 0 Å². The lowest BCUT2D eigenvalue weighted by molar-refractivity contribution is 1.18. The lowest BCUT2D eigenvalue weighted by Crippen LogP contribution is -1.98. The van der Waals surface area contributed by atoms with Gasteiger partial charge in [-0.15, -0.1) is 0 Å². The topological polar surface area (TPSA) is 54.0 Å². The van der Waals surface area contributed by atoms with Gasteiger partial charge in [0.2, 0.25) is 0 Å². The van der Waals surface area contributed by atoms with Gasteiger partial charge < -0.3 is 0 Å². The molecular weight excluding hydrogens is 352 g/mol. The molecule has 0 radical (unpaired) electrons. The molecule has 0 N–H and O–H groups in total. The number of aryl methyl sites for hydroxylation is 1. The summed E-state index contributed by atoms with van der Waals surface area (Å²) in [6, 6.07) is 14.2. The number of benzene rings is 1. The Bertz CT molecular complexity index is 1110. The van der Waals surface area contributed by atoms with Crippen molar-refractivity contribution in [2.24, 2.45) is 0 Å². The molecule has 5 heteroatoms. The molecule has 3 aromatic heterocycles. The molecule has 0 unspecified atom stereocenters. The summed E-state index contributed by atoms with van der Waals surface area (Å²) in [6.07, 6.45) is 3.57. The van der Waals surface area contributed by atoms with Gasteiger partial charge in [-0.3, -0.25) is 9.38 Å². The van der Waals surface area contributed by atoms with Crippen molar-refractivity contribution in [1.82, 2.24) is 14.4 Å². The molecule has 110 valence electrons. The molecule has 4 rings (SSSR count). The van der Waals surface area contributed by atoms with E-state index in [0.717, 1.165) is 32.3 Å². The maximum absolute atomic E-state index is 9.52. The lowest BCUT2D eigenvalue weighted by atomic mass is 10.1. The van der Waals surface area contributed by atoms with Crippen LogP contribution in [0.3, 0.4) is 0 Å². The molecule has 0 aliphatic rings. The monoisotopic (exact) mass is 362 g/mol. The summed E-state index contributed by atoms with van der Waals surface area (Å²) in [4.78, 5) is 8.92. The third-order valence-corrected chi connectivity index (χ3v) is 4.32. The van der Waals surface area contributed by atoms with Gasteiger partial charge in [0.05, 0.1) is 22.3 Å². The summed E-state index contributed by atoms with van der Waals surface area (Å²) in [5, 5.41) is 9.52. The average molecular weight is 363 g/mol. The fourth-order valence-electron chi connectivity index (χ4n) is 2.86. The van der Waals surface area contributed by atoms with Crippen molar-refractivity contribution in [2.45, 2.75) is 6.92 Å². The average Bonchev–Trinajstić information content (AvgIpc) is 2.93. The molecule has 0 fully saturated rings. The van der Waals surface area contributed by atoms with Gasteiger partial charge in [-0.1, -0.05) is 12.1 Å². The predicted octanol–water partition coefficient (Wildman–Crippen LogP) is 4.49. The van der Waals surface area contributed by atoms with Gasteiger partial charge in [-0.2, -0.15) is 5.26 Å². The number of nitriles is 1. The van der Waals surface area contributed by atoms with Crippen LogP contribution in [0.25, 0.3) is 27.9 Å². The molecule has 4 nitrogen and oxygen atoms in total. The second kappa shape index (κ2) is 5.18. The van der Waals surface area contributed by atoms with E-state index in [2.05, 4.69) is 32.0 Å². The van der Waals surface area contributed by atoms with E-state index in [1.54, 1.807) is 6.20 Å². The van der Waals surface area contributed by atoms with E-state index >= 15 is 0 Å². The van der Waals surface area contributed by atoms with Crippen molar-refractivity contribution in [2.75, 3.05) is 0 Å². The summed E-state index contributed by atoms with van der Waals surface area (Å²) < 4.78 is 2.94. The number of para-hydroxylation sites is 2. The van der Waals surface area contributed by atoms with Gasteiger partial charge in [0, 0.05) is 22.4 Å². The Morgan fingerprint density at radius 1 is 1.17 bits per heavy atom. The van der Waals surface area contributed by atoms with Gasteiger partial charge >= 0.3 is 0 Å². The van der Waals surface area contributed by atoms with E-state index in [4.69, 9.17) is 0 Å². The van der Waals surface area contributed by atoms with Gasteiger partial charge in [-0.05, 0) is 52.7 Å². The Morgan fingerprint density at radius 2 is 2.00 bits per heavy atom. The maximum atomic E-state index is 9.52. The Hall–Kier alpha value is -2.71. The second-order valence-corrected chi connectivity index (χ2v) is 6.27. The molecule has 1 aromatic carbocycles. The quantitative estimate of drug-likeness (QED) is 0.501. The van der Waals surface area contributed by atoms with E-state index in [9.17, 15) is 5.26 Å². The number of rotatable bonds is 1. The number of halogens is 1. The zero-order valence-electron chi connectivity index (χ0n) is 12.3. The number of imidazole rings is 1. The summed E-state index contributed by atoms with van der Waals surface area (Å²) >= 11 is 3.47. The largest absolute Gasteiger partial charge is 0.291 e. The fraction of sp³-hybridized carbons (Fsp3) is 0.0556. The fourth-order valence-corrected chi connectivity index (χ4v) is 3.22. The molecular formula is C18H11BrN4. The first-order chi connectivity index (χ1) is 11.2. The van der Waals surface area contributed by atoms with Crippen molar-refractivity contribution < 1.29 is 0 Å². The minimum Gasteiger partial charge on any atom is -0.291 e. The van der Waals surface area contributed by atoms with E-state index in [1.165, 1.54) is 0 Å². The number of fused-ring (bicyclic) bond motifs is 3. The van der Waals surface area contributed by atoms with Crippen molar-refractivity contribution in [3.05, 3.63) is 64.4 Å². The van der Waals surface area contributed by atoms with Gasteiger partial charge in [0.1, 0.15) is 6.07 Å². The number of nitrogens with zero attached hydrogens (tertiary/aromatic N) is 4. The molecule has 0 spiro atoms. The van der Waals surface area contributed by atoms with Gasteiger partial charge in [0.15, 0.2) is 5.65 Å². The molecule has 0 bridgehead atoms. The molecule has 0 saturated carbocycles. The first-order valence-electron chi connectivity index (χ1n) is 7.11. The standard InChI is InChI=1S/C18H11BrN4/c1-11-6-17(12-7-13(19)10-21-9-12)23-16-5-3-2-4-15(16)22-18(23)14(11)8-20/h2-7,9-10H,1H3. The summed E-state index contributed by atoms with van der Waals surface area (Å²) in [7, 11) is 0. The van der Waals surface area contributed by atoms with Crippen LogP contribution in [0.15, 0.2) is 53.3 Å². The van der Waals surface area contributed by atoms with Gasteiger partial charge in [-0.25, -0.2) is 4.98 Å². The molecule has 4 aromatic rings. The Morgan fingerprint density at radius 3 is 2.78 bits per heavy atom. The number of pyridine rings is 2. The number of hydrogen-bond acceptors (Lipinski definition) is 3. The smallest absolute Gasteiger partial charge is 0.156 e. The summed E-state index contributed by atoms with van der Waals surface area (Å²) in [6.45, 7) is 1.94. The maximum Gasteiger partial charge on any atom is 0.156 e. The van der Waals surface area contributed by atoms with Crippen molar-refractivity contribution >= 4 is 32.6 Å². The van der Waals surface area contributed by atoms with Crippen LogP contribution in [0, 0.1) is 18.3 Å². The highest BCUT2D eigenvalue weighted by atomic mass is 79.9. The minimum atomic E-state index is 0.605. The van der Waals surface area contributed by atoms with Crippen LogP contribution in [0.1, 0.15) is 11.1 Å². The second-order valence-electron chi connectivity index (χ2n) is 5.35. The Balaban J connectivity index is 2.22. The summed E-state index contributed by atoms with van der Waals surface area (Å²) in [5.74, 6) is 0. The van der Waals surface area contributed by atoms with Crippen molar-refractivity contribution in [1.29, 1.82) is 5.26 Å². The molecule has 0 aliphatic carbocycles. The van der Waals surface area contributed by atoms with Crippen LogP contribution in [0.5, 0.6) is 0 Å². The summed E-state index contributed by atoms with van der Waals surface area (Å²) in [5.41, 5.74) is 5.99. The Kier molecular flexibility index (Phi) is 3.14. The van der Waals surface area contributed by atoms with E-state index in [-0.39, 0.29) is 0 Å². The lowest BCUT2D eigenvalue weighted by Gasteiger charge is -2.10. The van der Waals surface area contributed by atoms with Crippen LogP contribution < -0.4 is 0 Å². The van der Waals surface area contributed by atoms with Crippen LogP contribution in [0.4, 0.5) is 0 Å². The van der Waals surface area contributed by atoms with Gasteiger partial charge in [0.25, 0.3) is 0 Å². The minimum absolute atomic E-state index is 0.605. The normalized spacial score (nSPS) is 11.0. The molecule has 0 aliphatic heterocycles. The molecule has 3 heterocycles. The molecule has 23 heavy (non-hydrogen) atoms. The molecule has 0 atom stereocenters. The van der Waals surface area contributed by atoms with Crippen molar-refractivity contribution in [3.8, 4) is 17.3 Å². The van der Waals surface area contributed by atoms with Crippen LogP contribution >= 0.6 is 15.9 Å². The molecule has 0 saturated heterocycles. The first-order valence-corrected chi connectivity index (χ1v) is 7.90. The third-order valence-electron chi connectivity index (χ3n) is 3.89. The molecule has 0 amide bonds. The number of hydrogen-bond donors (Lipinski definition) is 0. The Labute approximate surface area is 141 Å². The third kappa shape index (κ3) is 2.11. The zero-order valence-corrected chi connectivity index (χ0v) is 13.9. The highest BCUT2D eigenvalue weighted by molar-refractivity contribution is 9.10. The highest BCUT2D eigenvalue weighted by Crippen LogP contribution is 2.30. The number of aromatic nitrogens is 3.